The van der Waals surface area contributed by atoms with Gasteiger partial charge in [-0.1, -0.05) is 29.8 Å². The summed E-state index contributed by atoms with van der Waals surface area (Å²) in [5.74, 6) is -0.477. The number of hydrogen-bond acceptors (Lipinski definition) is 5. The maximum atomic E-state index is 13.0. The minimum atomic E-state index is -3.56. The van der Waals surface area contributed by atoms with Crippen molar-refractivity contribution < 1.29 is 23.1 Å². The zero-order valence-electron chi connectivity index (χ0n) is 18.7. The summed E-state index contributed by atoms with van der Waals surface area (Å²) in [6.45, 7) is 4.21. The molecule has 2 saturated heterocycles. The smallest absolute Gasteiger partial charge is 0.257 e. The third-order valence-electron chi connectivity index (χ3n) is 6.47. The summed E-state index contributed by atoms with van der Waals surface area (Å²) >= 11 is 0. The minimum absolute atomic E-state index is 0.0250. The maximum Gasteiger partial charge on any atom is 0.257 e. The lowest BCUT2D eigenvalue weighted by Gasteiger charge is -2.38. The number of benzene rings is 2. The molecule has 2 aromatic rings. The fourth-order valence-electron chi connectivity index (χ4n) is 4.42. The van der Waals surface area contributed by atoms with Crippen LogP contribution in [0.15, 0.2) is 53.4 Å². The third-order valence-corrected chi connectivity index (χ3v) is 8.39. The van der Waals surface area contributed by atoms with Crippen molar-refractivity contribution in [2.75, 3.05) is 39.3 Å². The van der Waals surface area contributed by atoms with E-state index in [0.717, 1.165) is 5.56 Å². The molecule has 2 amide bonds. The van der Waals surface area contributed by atoms with Crippen LogP contribution in [0.2, 0.25) is 0 Å². The van der Waals surface area contributed by atoms with Crippen molar-refractivity contribution in [1.82, 2.24) is 14.1 Å². The van der Waals surface area contributed by atoms with Crippen LogP contribution < -0.4 is 0 Å². The lowest BCUT2D eigenvalue weighted by Crippen LogP contribution is -2.53. The molecule has 2 aliphatic heterocycles. The number of aromatic hydroxyl groups is 1. The Bertz CT molecular complexity index is 1120. The van der Waals surface area contributed by atoms with Crippen molar-refractivity contribution in [3.63, 3.8) is 0 Å². The Hall–Kier alpha value is -2.91. The normalized spacial score (nSPS) is 18.3. The van der Waals surface area contributed by atoms with Crippen molar-refractivity contribution in [1.29, 1.82) is 0 Å². The van der Waals surface area contributed by atoms with E-state index in [-0.39, 0.29) is 33.9 Å². The van der Waals surface area contributed by atoms with Crippen molar-refractivity contribution in [3.8, 4) is 5.75 Å². The first kappa shape index (κ1) is 23.3. The van der Waals surface area contributed by atoms with Crippen molar-refractivity contribution in [2.45, 2.75) is 24.7 Å². The quantitative estimate of drug-likeness (QED) is 0.736. The Morgan fingerprint density at radius 3 is 2.03 bits per heavy atom. The van der Waals surface area contributed by atoms with Crippen LogP contribution in [-0.4, -0.2) is 78.7 Å². The standard InChI is InChI=1S/C24H29N3O5S/c1-18-6-8-20(9-7-18)33(31,32)27-12-10-19(11-13-27)23(29)25-14-16-26(17-15-25)24(30)21-4-2-3-5-22(21)28/h2-9,19,28H,10-17H2,1H3. The number of nitrogens with zero attached hydrogens (tertiary/aromatic N) is 3. The van der Waals surface area contributed by atoms with Crippen LogP contribution in [-0.2, 0) is 14.8 Å². The minimum Gasteiger partial charge on any atom is -0.507 e. The van der Waals surface area contributed by atoms with Crippen LogP contribution in [0.25, 0.3) is 0 Å². The van der Waals surface area contributed by atoms with Gasteiger partial charge in [0.1, 0.15) is 5.75 Å². The molecule has 176 valence electrons. The van der Waals surface area contributed by atoms with E-state index in [0.29, 0.717) is 52.1 Å². The van der Waals surface area contributed by atoms with E-state index in [9.17, 15) is 23.1 Å². The molecule has 0 radical (unpaired) electrons. The van der Waals surface area contributed by atoms with Gasteiger partial charge in [0.25, 0.3) is 5.91 Å². The Kier molecular flexibility index (Phi) is 6.71. The molecule has 0 atom stereocenters. The molecule has 2 fully saturated rings. The first-order valence-electron chi connectivity index (χ1n) is 11.2. The summed E-state index contributed by atoms with van der Waals surface area (Å²) in [5, 5.41) is 9.93. The topological polar surface area (TPSA) is 98.2 Å². The van der Waals surface area contributed by atoms with E-state index in [2.05, 4.69) is 0 Å². The molecule has 0 saturated carbocycles. The molecule has 1 N–H and O–H groups in total. The monoisotopic (exact) mass is 471 g/mol. The summed E-state index contributed by atoms with van der Waals surface area (Å²) in [7, 11) is -3.56. The number of piperidine rings is 1. The third kappa shape index (κ3) is 4.89. The molecular formula is C24H29N3O5S. The predicted octanol–water partition coefficient (Wildman–Crippen LogP) is 2.09. The number of para-hydroxylation sites is 1. The summed E-state index contributed by atoms with van der Waals surface area (Å²) < 4.78 is 27.2. The van der Waals surface area contributed by atoms with Crippen molar-refractivity contribution in [2.24, 2.45) is 5.92 Å². The molecule has 2 aromatic carbocycles. The summed E-state index contributed by atoms with van der Waals surface area (Å²) in [4.78, 5) is 29.4. The average molecular weight is 472 g/mol. The van der Waals surface area contributed by atoms with Crippen molar-refractivity contribution >= 4 is 21.8 Å². The molecule has 9 heteroatoms. The molecule has 2 heterocycles. The van der Waals surface area contributed by atoms with Crippen LogP contribution in [0.5, 0.6) is 5.75 Å². The molecule has 33 heavy (non-hydrogen) atoms. The Morgan fingerprint density at radius 2 is 1.42 bits per heavy atom. The van der Waals surface area contributed by atoms with Gasteiger partial charge in [-0.25, -0.2) is 8.42 Å². The highest BCUT2D eigenvalue weighted by Crippen LogP contribution is 2.26. The van der Waals surface area contributed by atoms with Gasteiger partial charge in [-0.2, -0.15) is 4.31 Å². The van der Waals surface area contributed by atoms with Gasteiger partial charge in [0.15, 0.2) is 0 Å². The van der Waals surface area contributed by atoms with E-state index < -0.39 is 10.0 Å². The van der Waals surface area contributed by atoms with Gasteiger partial charge in [0.05, 0.1) is 10.5 Å². The van der Waals surface area contributed by atoms with Gasteiger partial charge >= 0.3 is 0 Å². The maximum absolute atomic E-state index is 13.0. The molecule has 0 aliphatic carbocycles. The average Bonchev–Trinajstić information content (AvgIpc) is 2.84. The summed E-state index contributed by atoms with van der Waals surface area (Å²) in [5.41, 5.74) is 1.26. The Labute approximate surface area is 194 Å². The van der Waals surface area contributed by atoms with E-state index in [4.69, 9.17) is 0 Å². The summed E-state index contributed by atoms with van der Waals surface area (Å²) in [6, 6.07) is 13.3. The molecular weight excluding hydrogens is 442 g/mol. The number of rotatable bonds is 4. The number of hydrogen-bond donors (Lipinski definition) is 1. The van der Waals surface area contributed by atoms with E-state index >= 15 is 0 Å². The number of carbonyl (C=O) groups excluding carboxylic acids is 2. The van der Waals surface area contributed by atoms with Crippen molar-refractivity contribution in [3.05, 3.63) is 59.7 Å². The van der Waals surface area contributed by atoms with Gasteiger partial charge in [-0.05, 0) is 44.0 Å². The second kappa shape index (κ2) is 9.52. The highest BCUT2D eigenvalue weighted by Gasteiger charge is 2.35. The predicted molar refractivity (Wildman–Crippen MR) is 123 cm³/mol. The van der Waals surface area contributed by atoms with Gasteiger partial charge in [-0.15, -0.1) is 0 Å². The van der Waals surface area contributed by atoms with Crippen LogP contribution in [0.4, 0.5) is 0 Å². The number of phenolic OH excluding ortho intramolecular Hbond substituents is 1. The fourth-order valence-corrected chi connectivity index (χ4v) is 5.89. The number of amides is 2. The van der Waals surface area contributed by atoms with Gasteiger partial charge in [0, 0.05) is 45.2 Å². The van der Waals surface area contributed by atoms with Gasteiger partial charge in [0.2, 0.25) is 15.9 Å². The van der Waals surface area contributed by atoms with Crippen LogP contribution in [0.1, 0.15) is 28.8 Å². The Morgan fingerprint density at radius 1 is 0.848 bits per heavy atom. The number of aryl methyl sites for hydroxylation is 1. The van der Waals surface area contributed by atoms with Gasteiger partial charge in [-0.3, -0.25) is 9.59 Å². The first-order chi connectivity index (χ1) is 15.8. The second-order valence-electron chi connectivity index (χ2n) is 8.63. The molecule has 2 aliphatic rings. The largest absolute Gasteiger partial charge is 0.507 e. The second-order valence-corrected chi connectivity index (χ2v) is 10.6. The highest BCUT2D eigenvalue weighted by atomic mass is 32.2. The highest BCUT2D eigenvalue weighted by molar-refractivity contribution is 7.89. The van der Waals surface area contributed by atoms with Gasteiger partial charge < -0.3 is 14.9 Å². The molecule has 4 rings (SSSR count). The first-order valence-corrected chi connectivity index (χ1v) is 12.6. The zero-order chi connectivity index (χ0) is 23.6. The van der Waals surface area contributed by atoms with E-state index in [1.165, 1.54) is 10.4 Å². The molecule has 8 nitrogen and oxygen atoms in total. The number of sulfonamides is 1. The lowest BCUT2D eigenvalue weighted by molar-refractivity contribution is -0.138. The van der Waals surface area contributed by atoms with E-state index in [1.54, 1.807) is 52.3 Å². The Balaban J connectivity index is 1.30. The zero-order valence-corrected chi connectivity index (χ0v) is 19.5. The molecule has 0 spiro atoms. The molecule has 0 bridgehead atoms. The molecule has 0 unspecified atom stereocenters. The number of piperazine rings is 1. The fraction of sp³-hybridized carbons (Fsp3) is 0.417. The summed E-state index contributed by atoms with van der Waals surface area (Å²) in [6.07, 6.45) is 0.974. The molecule has 0 aromatic heterocycles. The van der Waals surface area contributed by atoms with E-state index in [1.807, 2.05) is 6.92 Å². The van der Waals surface area contributed by atoms with Crippen LogP contribution in [0, 0.1) is 12.8 Å². The van der Waals surface area contributed by atoms with Crippen LogP contribution in [0.3, 0.4) is 0 Å². The number of phenols is 1. The number of carbonyl (C=O) groups is 2. The lowest BCUT2D eigenvalue weighted by atomic mass is 9.96. The van der Waals surface area contributed by atoms with Crippen LogP contribution >= 0.6 is 0 Å². The SMILES string of the molecule is Cc1ccc(S(=O)(=O)N2CCC(C(=O)N3CCN(C(=O)c4ccccc4O)CC3)CC2)cc1.